The highest BCUT2D eigenvalue weighted by molar-refractivity contribution is 8.00. The molecule has 3 rings (SSSR count). The minimum Gasteiger partial charge on any atom is -0.326 e. The molecule has 2 aromatic carbocycles. The van der Waals surface area contributed by atoms with Gasteiger partial charge in [-0.1, -0.05) is 47.7 Å². The van der Waals surface area contributed by atoms with Crippen molar-refractivity contribution in [3.63, 3.8) is 0 Å². The molecule has 0 aliphatic heterocycles. The average molecular weight is 452 g/mol. The standard InChI is InChI=1S/C23H25N5O3S/c1-12-10-13(2)19(14(3)11-12)25-21(30)15(4)32-23-26-22(31)20(27-28-23)17-8-6-7-9-18(17)24-16(5)29/h6-11,15H,1-5H3,(H,24,29)(H,25,30)(H,26,28,31)/t15-/m1/s1. The molecular formula is C23H25N5O3S. The van der Waals surface area contributed by atoms with E-state index in [2.05, 4.69) is 25.8 Å². The summed E-state index contributed by atoms with van der Waals surface area (Å²) in [4.78, 5) is 39.5. The van der Waals surface area contributed by atoms with Crippen LogP contribution in [0.25, 0.3) is 11.3 Å². The van der Waals surface area contributed by atoms with Gasteiger partial charge in [-0.25, -0.2) is 0 Å². The maximum absolute atomic E-state index is 12.7. The molecule has 0 saturated heterocycles. The van der Waals surface area contributed by atoms with Crippen LogP contribution in [0.2, 0.25) is 0 Å². The number of anilines is 2. The van der Waals surface area contributed by atoms with Crippen LogP contribution in [0.5, 0.6) is 0 Å². The lowest BCUT2D eigenvalue weighted by Gasteiger charge is -2.16. The first-order valence-electron chi connectivity index (χ1n) is 10.0. The topological polar surface area (TPSA) is 117 Å². The molecule has 32 heavy (non-hydrogen) atoms. The van der Waals surface area contributed by atoms with Crippen molar-refractivity contribution in [2.75, 3.05) is 10.6 Å². The van der Waals surface area contributed by atoms with E-state index in [1.54, 1.807) is 31.2 Å². The number of aromatic amines is 1. The molecule has 1 aromatic heterocycles. The van der Waals surface area contributed by atoms with Crippen molar-refractivity contribution in [1.29, 1.82) is 0 Å². The van der Waals surface area contributed by atoms with Crippen LogP contribution in [-0.4, -0.2) is 32.2 Å². The normalized spacial score (nSPS) is 11.7. The largest absolute Gasteiger partial charge is 0.326 e. The van der Waals surface area contributed by atoms with Gasteiger partial charge in [0, 0.05) is 18.2 Å². The van der Waals surface area contributed by atoms with Gasteiger partial charge in [-0.3, -0.25) is 19.4 Å². The molecule has 3 N–H and O–H groups in total. The van der Waals surface area contributed by atoms with Gasteiger partial charge in [-0.05, 0) is 44.9 Å². The molecule has 1 atom stereocenters. The Morgan fingerprint density at radius 2 is 1.69 bits per heavy atom. The van der Waals surface area contributed by atoms with Gasteiger partial charge in [-0.2, -0.15) is 0 Å². The van der Waals surface area contributed by atoms with Crippen molar-refractivity contribution in [2.45, 2.75) is 45.0 Å². The zero-order valence-corrected chi connectivity index (χ0v) is 19.4. The molecule has 0 fully saturated rings. The Morgan fingerprint density at radius 3 is 2.31 bits per heavy atom. The zero-order valence-electron chi connectivity index (χ0n) is 18.6. The van der Waals surface area contributed by atoms with Crippen molar-refractivity contribution < 1.29 is 9.59 Å². The van der Waals surface area contributed by atoms with Crippen LogP contribution in [0.4, 0.5) is 11.4 Å². The predicted octanol–water partition coefficient (Wildman–Crippen LogP) is 3.83. The Bertz CT molecular complexity index is 1220. The second-order valence-electron chi connectivity index (χ2n) is 7.56. The second-order valence-corrected chi connectivity index (χ2v) is 8.89. The molecule has 0 saturated carbocycles. The summed E-state index contributed by atoms with van der Waals surface area (Å²) in [6.45, 7) is 9.04. The second kappa shape index (κ2) is 9.78. The Kier molecular flexibility index (Phi) is 7.09. The highest BCUT2D eigenvalue weighted by Crippen LogP contribution is 2.26. The SMILES string of the molecule is CC(=O)Nc1ccccc1-c1nnc(S[C@H](C)C(=O)Nc2c(C)cc(C)cc2C)[nH]c1=O. The molecule has 1 heterocycles. The Morgan fingerprint density at radius 1 is 1.03 bits per heavy atom. The number of nitrogens with zero attached hydrogens (tertiary/aromatic N) is 2. The summed E-state index contributed by atoms with van der Waals surface area (Å²) in [5, 5.41) is 13.5. The van der Waals surface area contributed by atoms with Gasteiger partial charge in [0.15, 0.2) is 10.9 Å². The number of benzene rings is 2. The number of hydrogen-bond acceptors (Lipinski definition) is 6. The van der Waals surface area contributed by atoms with Crippen molar-refractivity contribution >= 4 is 35.0 Å². The quantitative estimate of drug-likeness (QED) is 0.490. The molecule has 0 spiro atoms. The summed E-state index contributed by atoms with van der Waals surface area (Å²) in [6.07, 6.45) is 0. The molecular weight excluding hydrogens is 426 g/mol. The first-order chi connectivity index (χ1) is 15.2. The molecule has 8 nitrogen and oxygen atoms in total. The first-order valence-corrected chi connectivity index (χ1v) is 10.9. The van der Waals surface area contributed by atoms with Gasteiger partial charge in [-0.15, -0.1) is 10.2 Å². The number of nitrogens with one attached hydrogen (secondary N) is 3. The molecule has 3 aromatic rings. The van der Waals surface area contributed by atoms with E-state index in [4.69, 9.17) is 0 Å². The fraction of sp³-hybridized carbons (Fsp3) is 0.261. The molecule has 0 aliphatic carbocycles. The summed E-state index contributed by atoms with van der Waals surface area (Å²) < 4.78 is 0. The molecule has 0 bridgehead atoms. The van der Waals surface area contributed by atoms with Crippen LogP contribution in [-0.2, 0) is 9.59 Å². The number of aryl methyl sites for hydroxylation is 3. The number of amides is 2. The highest BCUT2D eigenvalue weighted by Gasteiger charge is 2.19. The van der Waals surface area contributed by atoms with Crippen molar-refractivity contribution in [2.24, 2.45) is 0 Å². The van der Waals surface area contributed by atoms with Crippen LogP contribution >= 0.6 is 11.8 Å². The van der Waals surface area contributed by atoms with E-state index in [-0.39, 0.29) is 22.7 Å². The average Bonchev–Trinajstić information content (AvgIpc) is 2.71. The fourth-order valence-electron chi connectivity index (χ4n) is 3.36. The van der Waals surface area contributed by atoms with Gasteiger partial charge >= 0.3 is 0 Å². The summed E-state index contributed by atoms with van der Waals surface area (Å²) in [5.74, 6) is -0.458. The van der Waals surface area contributed by atoms with Crippen LogP contribution in [0.1, 0.15) is 30.5 Å². The molecule has 166 valence electrons. The van der Waals surface area contributed by atoms with Gasteiger partial charge in [0.05, 0.1) is 10.9 Å². The van der Waals surface area contributed by atoms with Crippen LogP contribution in [0, 0.1) is 20.8 Å². The van der Waals surface area contributed by atoms with E-state index < -0.39 is 10.8 Å². The third-order valence-corrected chi connectivity index (χ3v) is 5.73. The van der Waals surface area contributed by atoms with Crippen molar-refractivity contribution in [3.8, 4) is 11.3 Å². The molecule has 9 heteroatoms. The smallest absolute Gasteiger partial charge is 0.278 e. The lowest BCUT2D eigenvalue weighted by Crippen LogP contribution is -2.24. The summed E-state index contributed by atoms with van der Waals surface area (Å²) in [5.41, 5.74) is 4.46. The Labute approximate surface area is 190 Å². The van der Waals surface area contributed by atoms with Crippen LogP contribution in [0.3, 0.4) is 0 Å². The number of para-hydroxylation sites is 1. The number of hydrogen-bond donors (Lipinski definition) is 3. The first kappa shape index (κ1) is 23.2. The minimum absolute atomic E-state index is 0.0849. The summed E-state index contributed by atoms with van der Waals surface area (Å²) >= 11 is 1.11. The molecule has 0 unspecified atom stereocenters. The number of H-pyrrole nitrogens is 1. The highest BCUT2D eigenvalue weighted by atomic mass is 32.2. The van der Waals surface area contributed by atoms with E-state index >= 15 is 0 Å². The van der Waals surface area contributed by atoms with E-state index in [1.165, 1.54) is 6.92 Å². The van der Waals surface area contributed by atoms with Crippen LogP contribution in [0.15, 0.2) is 46.3 Å². The van der Waals surface area contributed by atoms with E-state index in [0.29, 0.717) is 11.3 Å². The monoisotopic (exact) mass is 451 g/mol. The molecule has 2 amide bonds. The number of rotatable bonds is 6. The van der Waals surface area contributed by atoms with Gasteiger partial charge in [0.1, 0.15) is 0 Å². The van der Waals surface area contributed by atoms with E-state index in [9.17, 15) is 14.4 Å². The summed E-state index contributed by atoms with van der Waals surface area (Å²) in [7, 11) is 0. The molecule has 0 radical (unpaired) electrons. The number of carbonyl (C=O) groups excluding carboxylic acids is 2. The maximum Gasteiger partial charge on any atom is 0.278 e. The Hall–Kier alpha value is -3.46. The van der Waals surface area contributed by atoms with Crippen molar-refractivity contribution in [3.05, 3.63) is 63.4 Å². The Balaban J connectivity index is 1.77. The lowest BCUT2D eigenvalue weighted by atomic mass is 10.1. The number of carbonyl (C=O) groups is 2. The fourth-order valence-corrected chi connectivity index (χ4v) is 4.10. The number of aromatic nitrogens is 3. The predicted molar refractivity (Wildman–Crippen MR) is 127 cm³/mol. The van der Waals surface area contributed by atoms with E-state index in [1.807, 2.05) is 32.9 Å². The minimum atomic E-state index is -0.516. The molecule has 0 aliphatic rings. The third kappa shape index (κ3) is 5.42. The van der Waals surface area contributed by atoms with Crippen LogP contribution < -0.4 is 16.2 Å². The van der Waals surface area contributed by atoms with Gasteiger partial charge < -0.3 is 10.6 Å². The van der Waals surface area contributed by atoms with Gasteiger partial charge in [0.25, 0.3) is 5.56 Å². The van der Waals surface area contributed by atoms with Gasteiger partial charge in [0.2, 0.25) is 11.8 Å². The third-order valence-electron chi connectivity index (χ3n) is 4.75. The van der Waals surface area contributed by atoms with Crippen molar-refractivity contribution in [1.82, 2.24) is 15.2 Å². The maximum atomic E-state index is 12.7. The lowest BCUT2D eigenvalue weighted by molar-refractivity contribution is -0.115. The van der Waals surface area contributed by atoms with E-state index in [0.717, 1.165) is 34.1 Å². The summed E-state index contributed by atoms with van der Waals surface area (Å²) in [6, 6.07) is 10.9. The number of thioether (sulfide) groups is 1. The zero-order chi connectivity index (χ0) is 23.4.